The van der Waals surface area contributed by atoms with Gasteiger partial charge in [0.2, 0.25) is 0 Å². The number of hydrogen-bond acceptors (Lipinski definition) is 2. The summed E-state index contributed by atoms with van der Waals surface area (Å²) in [6.07, 6.45) is 3.42. The van der Waals surface area contributed by atoms with Crippen molar-refractivity contribution < 1.29 is 0 Å². The van der Waals surface area contributed by atoms with E-state index in [1.807, 2.05) is 6.07 Å². The van der Waals surface area contributed by atoms with E-state index in [1.165, 1.54) is 16.7 Å². The number of nitrogens with one attached hydrogen (secondary N) is 1. The average molecular weight is 295 g/mol. The maximum absolute atomic E-state index is 6.09. The fourth-order valence-electron chi connectivity index (χ4n) is 2.15. The van der Waals surface area contributed by atoms with E-state index in [4.69, 9.17) is 11.6 Å². The highest BCUT2D eigenvalue weighted by atomic mass is 35.5. The first-order valence-electron chi connectivity index (χ1n) is 6.81. The summed E-state index contributed by atoms with van der Waals surface area (Å²) in [5.41, 5.74) is 4.51. The monoisotopic (exact) mass is 294 g/mol. The number of halogens is 1. The van der Waals surface area contributed by atoms with Crippen LogP contribution in [0.4, 0.5) is 5.69 Å². The van der Waals surface area contributed by atoms with Gasteiger partial charge in [-0.3, -0.25) is 4.98 Å². The smallest absolute Gasteiger partial charge is 0.0718 e. The van der Waals surface area contributed by atoms with Crippen LogP contribution >= 0.6 is 11.6 Å². The van der Waals surface area contributed by atoms with Crippen molar-refractivity contribution in [1.82, 2.24) is 4.98 Å². The zero-order chi connectivity index (χ0) is 14.5. The van der Waals surface area contributed by atoms with E-state index < -0.39 is 0 Å². The second-order valence-electron chi connectivity index (χ2n) is 4.77. The minimum atomic E-state index is 0.686. The molecule has 3 rings (SSSR count). The van der Waals surface area contributed by atoms with Crippen LogP contribution in [0.25, 0.3) is 11.1 Å². The normalized spacial score (nSPS) is 10.3. The lowest BCUT2D eigenvalue weighted by molar-refractivity contribution is 1.14. The molecule has 21 heavy (non-hydrogen) atoms. The standard InChI is InChI=1S/C18H15ClN2/c19-17-10-11-20-13-18(17)21-12-14-6-8-16(9-7-14)15-4-2-1-3-5-15/h1-11,13,21H,12H2. The molecule has 1 N–H and O–H groups in total. The molecule has 0 aliphatic rings. The highest BCUT2D eigenvalue weighted by Gasteiger charge is 2.00. The van der Waals surface area contributed by atoms with Crippen molar-refractivity contribution in [3.8, 4) is 11.1 Å². The summed E-state index contributed by atoms with van der Waals surface area (Å²) in [7, 11) is 0. The summed E-state index contributed by atoms with van der Waals surface area (Å²) >= 11 is 6.09. The molecule has 104 valence electrons. The first kappa shape index (κ1) is 13.7. The molecule has 3 aromatic rings. The van der Waals surface area contributed by atoms with Gasteiger partial charge in [-0.05, 0) is 22.8 Å². The second-order valence-corrected chi connectivity index (χ2v) is 5.18. The van der Waals surface area contributed by atoms with Crippen molar-refractivity contribution in [2.45, 2.75) is 6.54 Å². The van der Waals surface area contributed by atoms with Gasteiger partial charge in [0.15, 0.2) is 0 Å². The minimum Gasteiger partial charge on any atom is -0.379 e. The Kier molecular flexibility index (Phi) is 4.17. The van der Waals surface area contributed by atoms with Gasteiger partial charge in [0.1, 0.15) is 0 Å². The third kappa shape index (κ3) is 3.41. The van der Waals surface area contributed by atoms with Gasteiger partial charge < -0.3 is 5.32 Å². The largest absolute Gasteiger partial charge is 0.379 e. The second kappa shape index (κ2) is 6.42. The molecule has 3 heteroatoms. The predicted octanol–water partition coefficient (Wildman–Crippen LogP) is 5.01. The van der Waals surface area contributed by atoms with Crippen molar-refractivity contribution in [2.75, 3.05) is 5.32 Å². The fraction of sp³-hybridized carbons (Fsp3) is 0.0556. The van der Waals surface area contributed by atoms with Crippen molar-refractivity contribution in [2.24, 2.45) is 0 Å². The molecule has 1 heterocycles. The topological polar surface area (TPSA) is 24.9 Å². The third-order valence-electron chi connectivity index (χ3n) is 3.31. The van der Waals surface area contributed by atoms with Crippen LogP contribution in [0.2, 0.25) is 5.02 Å². The molecule has 2 nitrogen and oxygen atoms in total. The summed E-state index contributed by atoms with van der Waals surface area (Å²) in [5, 5.41) is 3.98. The Morgan fingerprint density at radius 3 is 2.29 bits per heavy atom. The SMILES string of the molecule is Clc1ccncc1NCc1ccc(-c2ccccc2)cc1. The molecule has 0 unspecified atom stereocenters. The average Bonchev–Trinajstić information content (AvgIpc) is 2.55. The van der Waals surface area contributed by atoms with E-state index in [-0.39, 0.29) is 0 Å². The first-order chi connectivity index (χ1) is 10.3. The van der Waals surface area contributed by atoms with E-state index >= 15 is 0 Å². The number of nitrogens with zero attached hydrogens (tertiary/aromatic N) is 1. The zero-order valence-corrected chi connectivity index (χ0v) is 12.2. The van der Waals surface area contributed by atoms with Crippen LogP contribution in [0.5, 0.6) is 0 Å². The van der Waals surface area contributed by atoms with Gasteiger partial charge in [0, 0.05) is 12.7 Å². The Hall–Kier alpha value is -2.32. The molecule has 0 fully saturated rings. The van der Waals surface area contributed by atoms with Crippen LogP contribution in [-0.2, 0) is 6.54 Å². The van der Waals surface area contributed by atoms with Gasteiger partial charge in [-0.15, -0.1) is 0 Å². The summed E-state index contributed by atoms with van der Waals surface area (Å²) in [4.78, 5) is 4.06. The first-order valence-corrected chi connectivity index (χ1v) is 7.18. The van der Waals surface area contributed by atoms with Crippen LogP contribution in [0.1, 0.15) is 5.56 Å². The molecule has 0 amide bonds. The number of hydrogen-bond donors (Lipinski definition) is 1. The zero-order valence-electron chi connectivity index (χ0n) is 11.5. The summed E-state index contributed by atoms with van der Waals surface area (Å²) in [6, 6.07) is 20.7. The number of anilines is 1. The molecule has 1 aromatic heterocycles. The summed E-state index contributed by atoms with van der Waals surface area (Å²) in [6.45, 7) is 0.723. The summed E-state index contributed by atoms with van der Waals surface area (Å²) < 4.78 is 0. The maximum Gasteiger partial charge on any atom is 0.0718 e. The van der Waals surface area contributed by atoms with Crippen molar-refractivity contribution in [3.63, 3.8) is 0 Å². The number of benzene rings is 2. The van der Waals surface area contributed by atoms with Gasteiger partial charge in [0.25, 0.3) is 0 Å². The maximum atomic E-state index is 6.09. The molecule has 2 aromatic carbocycles. The molecular formula is C18H15ClN2. The van der Waals surface area contributed by atoms with Crippen LogP contribution in [0.3, 0.4) is 0 Å². The lowest BCUT2D eigenvalue weighted by Crippen LogP contribution is -2.00. The predicted molar refractivity (Wildman–Crippen MR) is 88.5 cm³/mol. The Morgan fingerprint density at radius 1 is 0.857 bits per heavy atom. The number of aromatic nitrogens is 1. The van der Waals surface area contributed by atoms with Gasteiger partial charge in [-0.2, -0.15) is 0 Å². The molecule has 0 spiro atoms. The molecule has 0 radical (unpaired) electrons. The molecule has 0 aliphatic heterocycles. The molecule has 0 atom stereocenters. The van der Waals surface area contributed by atoms with Crippen LogP contribution in [-0.4, -0.2) is 4.98 Å². The van der Waals surface area contributed by atoms with Crippen molar-refractivity contribution in [1.29, 1.82) is 0 Å². The van der Waals surface area contributed by atoms with E-state index in [0.29, 0.717) is 5.02 Å². The lowest BCUT2D eigenvalue weighted by Gasteiger charge is -2.08. The van der Waals surface area contributed by atoms with Gasteiger partial charge in [-0.25, -0.2) is 0 Å². The molecule has 0 aliphatic carbocycles. The van der Waals surface area contributed by atoms with E-state index in [0.717, 1.165) is 12.2 Å². The van der Waals surface area contributed by atoms with E-state index in [9.17, 15) is 0 Å². The Labute approximate surface area is 129 Å². The number of rotatable bonds is 4. The lowest BCUT2D eigenvalue weighted by atomic mass is 10.0. The van der Waals surface area contributed by atoms with Gasteiger partial charge in [-0.1, -0.05) is 66.2 Å². The summed E-state index contributed by atoms with van der Waals surface area (Å²) in [5.74, 6) is 0. The van der Waals surface area contributed by atoms with Crippen LogP contribution < -0.4 is 5.32 Å². The molecule has 0 saturated heterocycles. The Bertz CT molecular complexity index is 709. The van der Waals surface area contributed by atoms with Crippen LogP contribution in [0, 0.1) is 0 Å². The van der Waals surface area contributed by atoms with Crippen LogP contribution in [0.15, 0.2) is 73.1 Å². The highest BCUT2D eigenvalue weighted by molar-refractivity contribution is 6.33. The van der Waals surface area contributed by atoms with Crippen molar-refractivity contribution >= 4 is 17.3 Å². The highest BCUT2D eigenvalue weighted by Crippen LogP contribution is 2.22. The third-order valence-corrected chi connectivity index (χ3v) is 3.64. The Morgan fingerprint density at radius 2 is 1.57 bits per heavy atom. The minimum absolute atomic E-state index is 0.686. The van der Waals surface area contributed by atoms with E-state index in [2.05, 4.69) is 58.8 Å². The van der Waals surface area contributed by atoms with E-state index in [1.54, 1.807) is 18.5 Å². The van der Waals surface area contributed by atoms with Gasteiger partial charge >= 0.3 is 0 Å². The fourth-order valence-corrected chi connectivity index (χ4v) is 2.32. The number of pyridine rings is 1. The van der Waals surface area contributed by atoms with Gasteiger partial charge in [0.05, 0.1) is 16.9 Å². The molecule has 0 saturated carbocycles. The quantitative estimate of drug-likeness (QED) is 0.731. The van der Waals surface area contributed by atoms with Crippen molar-refractivity contribution in [3.05, 3.63) is 83.6 Å². The molecular weight excluding hydrogens is 280 g/mol. The molecule has 0 bridgehead atoms. The Balaban J connectivity index is 1.69.